The maximum absolute atomic E-state index is 11.3. The molecule has 0 spiro atoms. The van der Waals surface area contributed by atoms with Crippen LogP contribution in [0.3, 0.4) is 0 Å². The molecule has 1 N–H and O–H groups in total. The van der Waals surface area contributed by atoms with Gasteiger partial charge in [-0.1, -0.05) is 27.2 Å². The largest absolute Gasteiger partial charge is 0.473 e. The molecule has 0 aromatic carbocycles. The fourth-order valence-corrected chi connectivity index (χ4v) is 2.18. The summed E-state index contributed by atoms with van der Waals surface area (Å²) in [6.45, 7) is 13.4. The third-order valence-corrected chi connectivity index (χ3v) is 3.12. The normalized spacial score (nSPS) is 15.2. The van der Waals surface area contributed by atoms with Crippen LogP contribution < -0.4 is 0 Å². The van der Waals surface area contributed by atoms with E-state index in [0.717, 1.165) is 6.42 Å². The van der Waals surface area contributed by atoms with Gasteiger partial charge in [-0.15, -0.1) is 0 Å². The summed E-state index contributed by atoms with van der Waals surface area (Å²) in [6, 6.07) is 0. The lowest BCUT2D eigenvalue weighted by molar-refractivity contribution is -0.373. The van der Waals surface area contributed by atoms with Gasteiger partial charge in [0.15, 0.2) is 0 Å². The van der Waals surface area contributed by atoms with Crippen molar-refractivity contribution in [1.82, 2.24) is 0 Å². The predicted molar refractivity (Wildman–Crippen MR) is 82.2 cm³/mol. The first-order valence-electron chi connectivity index (χ1n) is 7.67. The van der Waals surface area contributed by atoms with Gasteiger partial charge in [-0.05, 0) is 40.5 Å². The van der Waals surface area contributed by atoms with E-state index in [0.29, 0.717) is 12.8 Å². The quantitative estimate of drug-likeness (QED) is 0.320. The second kappa shape index (κ2) is 8.48. The zero-order chi connectivity index (χ0) is 17.6. The first-order chi connectivity index (χ1) is 9.89. The predicted octanol–water partition coefficient (Wildman–Crippen LogP) is 3.33. The van der Waals surface area contributed by atoms with Crippen molar-refractivity contribution >= 4 is 11.9 Å². The van der Waals surface area contributed by atoms with Crippen molar-refractivity contribution in [3.8, 4) is 0 Å². The highest BCUT2D eigenvalue weighted by Crippen LogP contribution is 2.33. The van der Waals surface area contributed by atoms with Crippen molar-refractivity contribution in [2.45, 2.75) is 85.5 Å². The van der Waals surface area contributed by atoms with Crippen LogP contribution >= 0.6 is 0 Å². The van der Waals surface area contributed by atoms with Gasteiger partial charge in [0, 0.05) is 5.41 Å². The maximum Gasteiger partial charge on any atom is 0.417 e. The summed E-state index contributed by atoms with van der Waals surface area (Å²) in [5.41, 5.74) is -0.835. The molecule has 6 heteroatoms. The Morgan fingerprint density at radius 2 is 1.68 bits per heavy atom. The van der Waals surface area contributed by atoms with E-state index in [1.807, 2.05) is 48.5 Å². The number of rotatable bonds is 8. The smallest absolute Gasteiger partial charge is 0.417 e. The number of ether oxygens (including phenoxy) is 1. The van der Waals surface area contributed by atoms with Crippen LogP contribution in [-0.2, 0) is 24.1 Å². The number of hydrogen-bond acceptors (Lipinski definition) is 5. The zero-order valence-corrected chi connectivity index (χ0v) is 14.8. The van der Waals surface area contributed by atoms with Crippen LogP contribution in [-0.4, -0.2) is 34.9 Å². The van der Waals surface area contributed by atoms with E-state index < -0.39 is 29.1 Å². The Morgan fingerprint density at radius 3 is 2.09 bits per heavy atom. The molecule has 0 aliphatic heterocycles. The second-order valence-corrected chi connectivity index (χ2v) is 7.28. The molecule has 0 bridgehead atoms. The molecular formula is C16H30O6. The second-order valence-electron chi connectivity index (χ2n) is 7.28. The summed E-state index contributed by atoms with van der Waals surface area (Å²) in [6.07, 6.45) is 1.26. The number of carboxylic acid groups (broad SMARTS) is 1. The van der Waals surface area contributed by atoms with Gasteiger partial charge < -0.3 is 9.84 Å². The molecular weight excluding hydrogens is 288 g/mol. The summed E-state index contributed by atoms with van der Waals surface area (Å²) in [7, 11) is 0. The van der Waals surface area contributed by atoms with Gasteiger partial charge in [0.05, 0.1) is 11.7 Å². The minimum absolute atomic E-state index is 0.211. The molecule has 0 heterocycles. The molecule has 22 heavy (non-hydrogen) atoms. The summed E-state index contributed by atoms with van der Waals surface area (Å²) in [5.74, 6) is -2.79. The molecule has 6 nitrogen and oxygen atoms in total. The van der Waals surface area contributed by atoms with Crippen LogP contribution in [0.4, 0.5) is 0 Å². The SMILES string of the molecule is CCCC(OC(=O)C(=O)O)C(C)(C)CC(C)OOC(C)(C)C. The minimum atomic E-state index is -1.57. The number of aliphatic carboxylic acids is 1. The molecule has 0 rings (SSSR count). The summed E-state index contributed by atoms with van der Waals surface area (Å²) in [4.78, 5) is 32.7. The molecule has 2 atom stereocenters. The van der Waals surface area contributed by atoms with E-state index in [1.54, 1.807) is 0 Å². The molecule has 2 unspecified atom stereocenters. The highest BCUT2D eigenvalue weighted by Gasteiger charge is 2.35. The number of carbonyl (C=O) groups excluding carboxylic acids is 1. The van der Waals surface area contributed by atoms with E-state index in [-0.39, 0.29) is 6.10 Å². The summed E-state index contributed by atoms with van der Waals surface area (Å²) >= 11 is 0. The van der Waals surface area contributed by atoms with Crippen LogP contribution in [0.15, 0.2) is 0 Å². The fraction of sp³-hybridized carbons (Fsp3) is 0.875. The van der Waals surface area contributed by atoms with Crippen LogP contribution in [0.25, 0.3) is 0 Å². The van der Waals surface area contributed by atoms with E-state index in [9.17, 15) is 9.59 Å². The van der Waals surface area contributed by atoms with Gasteiger partial charge in [-0.2, -0.15) is 0 Å². The molecule has 130 valence electrons. The average Bonchev–Trinajstić information content (AvgIpc) is 2.34. The Labute approximate surface area is 133 Å². The molecule has 0 radical (unpaired) electrons. The number of carbonyl (C=O) groups is 2. The average molecular weight is 318 g/mol. The third-order valence-electron chi connectivity index (χ3n) is 3.12. The number of esters is 1. The first-order valence-corrected chi connectivity index (χ1v) is 7.67. The number of hydrogen-bond donors (Lipinski definition) is 1. The Balaban J connectivity index is 4.74. The van der Waals surface area contributed by atoms with Gasteiger partial charge in [-0.3, -0.25) is 0 Å². The zero-order valence-electron chi connectivity index (χ0n) is 14.8. The Morgan fingerprint density at radius 1 is 1.14 bits per heavy atom. The van der Waals surface area contributed by atoms with Crippen molar-refractivity contribution in [2.24, 2.45) is 5.41 Å². The van der Waals surface area contributed by atoms with Crippen LogP contribution in [0, 0.1) is 5.41 Å². The van der Waals surface area contributed by atoms with E-state index in [2.05, 4.69) is 0 Å². The van der Waals surface area contributed by atoms with Gasteiger partial charge >= 0.3 is 11.9 Å². The van der Waals surface area contributed by atoms with Gasteiger partial charge in [0.2, 0.25) is 0 Å². The monoisotopic (exact) mass is 318 g/mol. The standard InChI is InChI=1S/C16H30O6/c1-8-9-12(20-14(19)13(17)18)16(6,7)10-11(2)21-22-15(3,4)5/h11-12H,8-10H2,1-7H3,(H,17,18). The molecule has 0 saturated heterocycles. The Hall–Kier alpha value is -1.14. The van der Waals surface area contributed by atoms with Crippen molar-refractivity contribution in [3.05, 3.63) is 0 Å². The molecule has 0 aliphatic rings. The first kappa shape index (κ1) is 20.9. The van der Waals surface area contributed by atoms with Crippen molar-refractivity contribution in [3.63, 3.8) is 0 Å². The van der Waals surface area contributed by atoms with Crippen molar-refractivity contribution in [1.29, 1.82) is 0 Å². The Bertz CT molecular complexity index is 369. The van der Waals surface area contributed by atoms with E-state index in [4.69, 9.17) is 19.6 Å². The summed E-state index contributed by atoms with van der Waals surface area (Å²) < 4.78 is 5.13. The third kappa shape index (κ3) is 8.34. The highest BCUT2D eigenvalue weighted by molar-refractivity contribution is 6.28. The molecule has 0 aliphatic carbocycles. The lowest BCUT2D eigenvalue weighted by Gasteiger charge is -2.35. The topological polar surface area (TPSA) is 82.1 Å². The molecule has 0 aromatic heterocycles. The minimum Gasteiger partial charge on any atom is -0.473 e. The lowest BCUT2D eigenvalue weighted by Crippen LogP contribution is -2.38. The highest BCUT2D eigenvalue weighted by atomic mass is 17.2. The van der Waals surface area contributed by atoms with Crippen LogP contribution in [0.5, 0.6) is 0 Å². The van der Waals surface area contributed by atoms with E-state index >= 15 is 0 Å². The van der Waals surface area contributed by atoms with Crippen molar-refractivity contribution in [2.75, 3.05) is 0 Å². The number of carboxylic acids is 1. The van der Waals surface area contributed by atoms with Gasteiger partial charge in [0.25, 0.3) is 0 Å². The van der Waals surface area contributed by atoms with Crippen molar-refractivity contribution < 1.29 is 29.2 Å². The van der Waals surface area contributed by atoms with Crippen LogP contribution in [0.1, 0.15) is 67.7 Å². The van der Waals surface area contributed by atoms with Gasteiger partial charge in [0.1, 0.15) is 6.10 Å². The molecule has 0 amide bonds. The Kier molecular flexibility index (Phi) is 8.04. The fourth-order valence-electron chi connectivity index (χ4n) is 2.18. The maximum atomic E-state index is 11.3. The molecule has 0 saturated carbocycles. The van der Waals surface area contributed by atoms with Gasteiger partial charge in [-0.25, -0.2) is 19.4 Å². The molecule has 0 aromatic rings. The lowest BCUT2D eigenvalue weighted by atomic mass is 9.79. The van der Waals surface area contributed by atoms with E-state index in [1.165, 1.54) is 0 Å². The molecule has 0 fully saturated rings. The summed E-state index contributed by atoms with van der Waals surface area (Å²) in [5, 5.41) is 8.70. The van der Waals surface area contributed by atoms with Crippen LogP contribution in [0.2, 0.25) is 0 Å².